The number of carbonyl (C=O) groups excluding carboxylic acids is 3. The third-order valence-electron chi connectivity index (χ3n) is 4.53. The van der Waals surface area contributed by atoms with Gasteiger partial charge in [0, 0.05) is 12.6 Å². The van der Waals surface area contributed by atoms with E-state index in [1.54, 1.807) is 31.2 Å². The molecule has 0 bridgehead atoms. The van der Waals surface area contributed by atoms with E-state index in [-0.39, 0.29) is 30.6 Å². The minimum Gasteiger partial charge on any atom is -0.325 e. The van der Waals surface area contributed by atoms with Crippen molar-refractivity contribution in [1.82, 2.24) is 5.43 Å². The van der Waals surface area contributed by atoms with Crippen LogP contribution in [0.1, 0.15) is 25.8 Å². The maximum absolute atomic E-state index is 12.3. The summed E-state index contributed by atoms with van der Waals surface area (Å²) in [4.78, 5) is 35.9. The van der Waals surface area contributed by atoms with Gasteiger partial charge in [0.1, 0.15) is 0 Å². The standard InChI is InChI=1S/C24H24N4O3/c1-16(14-23(30)26-22-13-6-5-12-21(22)25-17(2)29)27-28-24(31)15-19-10-7-9-18-8-3-4-11-20(18)19/h3-13H,14-15H2,1-2H3,(H,25,29)(H,26,30)(H,28,31). The van der Waals surface area contributed by atoms with Crippen molar-refractivity contribution in [2.75, 3.05) is 10.6 Å². The Labute approximate surface area is 180 Å². The van der Waals surface area contributed by atoms with Crippen LogP contribution in [-0.4, -0.2) is 23.4 Å². The zero-order chi connectivity index (χ0) is 22.2. The molecule has 0 aliphatic rings. The molecule has 0 heterocycles. The number of amides is 3. The summed E-state index contributed by atoms with van der Waals surface area (Å²) in [7, 11) is 0. The van der Waals surface area contributed by atoms with Gasteiger partial charge in [-0.3, -0.25) is 14.4 Å². The Morgan fingerprint density at radius 3 is 2.16 bits per heavy atom. The van der Waals surface area contributed by atoms with E-state index in [4.69, 9.17) is 0 Å². The van der Waals surface area contributed by atoms with Gasteiger partial charge in [0.2, 0.25) is 17.7 Å². The van der Waals surface area contributed by atoms with Gasteiger partial charge < -0.3 is 10.6 Å². The zero-order valence-electron chi connectivity index (χ0n) is 17.4. The zero-order valence-corrected chi connectivity index (χ0v) is 17.4. The number of fused-ring (bicyclic) bond motifs is 1. The van der Waals surface area contributed by atoms with E-state index in [2.05, 4.69) is 21.2 Å². The lowest BCUT2D eigenvalue weighted by Gasteiger charge is -2.11. The first-order valence-corrected chi connectivity index (χ1v) is 9.87. The molecular weight excluding hydrogens is 392 g/mol. The average molecular weight is 416 g/mol. The van der Waals surface area contributed by atoms with Gasteiger partial charge in [-0.1, -0.05) is 54.6 Å². The largest absolute Gasteiger partial charge is 0.325 e. The number of rotatable bonds is 7. The number of hydrogen-bond donors (Lipinski definition) is 3. The van der Waals surface area contributed by atoms with Gasteiger partial charge in [-0.15, -0.1) is 0 Å². The Balaban J connectivity index is 1.56. The van der Waals surface area contributed by atoms with Gasteiger partial charge in [-0.2, -0.15) is 5.10 Å². The first kappa shape index (κ1) is 21.7. The molecule has 0 aliphatic carbocycles. The van der Waals surface area contributed by atoms with E-state index in [1.165, 1.54) is 6.92 Å². The molecule has 3 rings (SSSR count). The SMILES string of the molecule is CC(=O)Nc1ccccc1NC(=O)CC(C)=NNC(=O)Cc1cccc2ccccc12. The van der Waals surface area contributed by atoms with Crippen LogP contribution >= 0.6 is 0 Å². The summed E-state index contributed by atoms with van der Waals surface area (Å²) in [6.07, 6.45) is 0.192. The summed E-state index contributed by atoms with van der Waals surface area (Å²) in [6, 6.07) is 20.6. The molecule has 3 aromatic rings. The second-order valence-corrected chi connectivity index (χ2v) is 7.15. The normalized spacial score (nSPS) is 11.1. The number of benzene rings is 3. The molecule has 3 amide bonds. The summed E-state index contributed by atoms with van der Waals surface area (Å²) in [5.74, 6) is -0.789. The first-order chi connectivity index (χ1) is 14.9. The molecule has 158 valence electrons. The average Bonchev–Trinajstić information content (AvgIpc) is 2.73. The maximum atomic E-state index is 12.3. The molecule has 0 saturated heterocycles. The van der Waals surface area contributed by atoms with Gasteiger partial charge in [0.25, 0.3) is 0 Å². The van der Waals surface area contributed by atoms with Crippen LogP contribution in [0, 0.1) is 0 Å². The van der Waals surface area contributed by atoms with E-state index in [0.29, 0.717) is 17.1 Å². The third-order valence-corrected chi connectivity index (χ3v) is 4.53. The number of nitrogens with one attached hydrogen (secondary N) is 3. The van der Waals surface area contributed by atoms with Crippen LogP contribution < -0.4 is 16.1 Å². The summed E-state index contributed by atoms with van der Waals surface area (Å²) >= 11 is 0. The van der Waals surface area contributed by atoms with E-state index in [0.717, 1.165) is 16.3 Å². The lowest BCUT2D eigenvalue weighted by atomic mass is 10.0. The molecule has 0 aromatic heterocycles. The van der Waals surface area contributed by atoms with Crippen LogP contribution in [-0.2, 0) is 20.8 Å². The summed E-state index contributed by atoms with van der Waals surface area (Å²) in [5, 5.41) is 11.6. The summed E-state index contributed by atoms with van der Waals surface area (Å²) < 4.78 is 0. The lowest BCUT2D eigenvalue weighted by molar-refractivity contribution is -0.120. The van der Waals surface area contributed by atoms with Crippen molar-refractivity contribution in [2.45, 2.75) is 26.7 Å². The molecular formula is C24H24N4O3. The van der Waals surface area contributed by atoms with Crippen LogP contribution in [0.2, 0.25) is 0 Å². The highest BCUT2D eigenvalue weighted by atomic mass is 16.2. The molecule has 0 radical (unpaired) electrons. The lowest BCUT2D eigenvalue weighted by Crippen LogP contribution is -2.23. The molecule has 31 heavy (non-hydrogen) atoms. The van der Waals surface area contributed by atoms with Gasteiger partial charge in [0.05, 0.1) is 24.2 Å². The number of anilines is 2. The minimum absolute atomic E-state index is 0.00293. The highest BCUT2D eigenvalue weighted by molar-refractivity contribution is 6.07. The summed E-state index contributed by atoms with van der Waals surface area (Å²) in [5.41, 5.74) is 4.90. The minimum atomic E-state index is -0.303. The Kier molecular flexibility index (Phi) is 7.11. The summed E-state index contributed by atoms with van der Waals surface area (Å²) in [6.45, 7) is 3.06. The van der Waals surface area contributed by atoms with Crippen molar-refractivity contribution in [3.8, 4) is 0 Å². The first-order valence-electron chi connectivity index (χ1n) is 9.87. The van der Waals surface area contributed by atoms with E-state index < -0.39 is 0 Å². The van der Waals surface area contributed by atoms with E-state index in [9.17, 15) is 14.4 Å². The number of hydrogen-bond acceptors (Lipinski definition) is 4. The highest BCUT2D eigenvalue weighted by Gasteiger charge is 2.10. The van der Waals surface area contributed by atoms with Gasteiger partial charge in [-0.05, 0) is 35.4 Å². The molecule has 7 heteroatoms. The van der Waals surface area contributed by atoms with Crippen LogP contribution in [0.3, 0.4) is 0 Å². The second-order valence-electron chi connectivity index (χ2n) is 7.15. The Bertz CT molecular complexity index is 1150. The fraction of sp³-hybridized carbons (Fsp3) is 0.167. The Hall–Kier alpha value is -4.00. The van der Waals surface area contributed by atoms with Crippen molar-refractivity contribution < 1.29 is 14.4 Å². The second kappa shape index (κ2) is 10.2. The molecule has 0 unspecified atom stereocenters. The van der Waals surface area contributed by atoms with Crippen LogP contribution in [0.25, 0.3) is 10.8 Å². The van der Waals surface area contributed by atoms with Crippen LogP contribution in [0.5, 0.6) is 0 Å². The van der Waals surface area contributed by atoms with Crippen molar-refractivity contribution in [2.24, 2.45) is 5.10 Å². The van der Waals surface area contributed by atoms with Crippen LogP contribution in [0.15, 0.2) is 71.8 Å². The smallest absolute Gasteiger partial charge is 0.244 e. The van der Waals surface area contributed by atoms with Crippen molar-refractivity contribution in [3.05, 3.63) is 72.3 Å². The molecule has 3 aromatic carbocycles. The van der Waals surface area contributed by atoms with Crippen molar-refractivity contribution >= 4 is 45.6 Å². The molecule has 0 fully saturated rings. The monoisotopic (exact) mass is 416 g/mol. The third kappa shape index (κ3) is 6.24. The van der Waals surface area contributed by atoms with E-state index >= 15 is 0 Å². The fourth-order valence-corrected chi connectivity index (χ4v) is 3.17. The van der Waals surface area contributed by atoms with Crippen molar-refractivity contribution in [3.63, 3.8) is 0 Å². The Morgan fingerprint density at radius 2 is 1.42 bits per heavy atom. The number of hydrazone groups is 1. The molecule has 7 nitrogen and oxygen atoms in total. The van der Waals surface area contributed by atoms with Gasteiger partial charge in [0.15, 0.2) is 0 Å². The number of nitrogens with zero attached hydrogens (tertiary/aromatic N) is 1. The van der Waals surface area contributed by atoms with Crippen molar-refractivity contribution in [1.29, 1.82) is 0 Å². The Morgan fingerprint density at radius 1 is 0.774 bits per heavy atom. The molecule has 0 spiro atoms. The predicted molar refractivity (Wildman–Crippen MR) is 123 cm³/mol. The van der Waals surface area contributed by atoms with Gasteiger partial charge in [-0.25, -0.2) is 5.43 Å². The predicted octanol–water partition coefficient (Wildman–Crippen LogP) is 3.86. The highest BCUT2D eigenvalue weighted by Crippen LogP contribution is 2.21. The molecule has 0 aliphatic heterocycles. The molecule has 0 saturated carbocycles. The van der Waals surface area contributed by atoms with Crippen LogP contribution in [0.4, 0.5) is 11.4 Å². The topological polar surface area (TPSA) is 99.7 Å². The molecule has 0 atom stereocenters. The number of para-hydroxylation sites is 2. The fourth-order valence-electron chi connectivity index (χ4n) is 3.17. The molecule has 3 N–H and O–H groups in total. The number of carbonyl (C=O) groups is 3. The van der Waals surface area contributed by atoms with Gasteiger partial charge >= 0.3 is 0 Å². The van der Waals surface area contributed by atoms with E-state index in [1.807, 2.05) is 42.5 Å². The quantitative estimate of drug-likeness (QED) is 0.403. The maximum Gasteiger partial charge on any atom is 0.244 e.